The van der Waals surface area contributed by atoms with Crippen LogP contribution in [0.3, 0.4) is 0 Å². The molecule has 1 aliphatic rings. The van der Waals surface area contributed by atoms with Crippen molar-refractivity contribution in [2.45, 2.75) is 19.0 Å². The largest absolute Gasteiger partial charge is 0.325 e. The average Bonchev–Trinajstić information content (AvgIpc) is 2.81. The smallest absolute Gasteiger partial charge is 0.319 e. The van der Waals surface area contributed by atoms with Crippen LogP contribution in [0.5, 0.6) is 0 Å². The Balaban J connectivity index is 1.89. The number of halogens is 1. The van der Waals surface area contributed by atoms with E-state index in [1.807, 2.05) is 0 Å². The summed E-state index contributed by atoms with van der Waals surface area (Å²) in [5.41, 5.74) is -0.851. The van der Waals surface area contributed by atoms with Crippen LogP contribution in [0.1, 0.15) is 18.1 Å². The summed E-state index contributed by atoms with van der Waals surface area (Å²) in [5.74, 6) is -1.05. The first-order valence-electron chi connectivity index (χ1n) is 7.45. The van der Waals surface area contributed by atoms with E-state index in [0.29, 0.717) is 5.56 Å². The van der Waals surface area contributed by atoms with E-state index < -0.39 is 28.2 Å². The van der Waals surface area contributed by atoms with Gasteiger partial charge in [-0.1, -0.05) is 18.2 Å². The third kappa shape index (κ3) is 2.82. The van der Waals surface area contributed by atoms with Gasteiger partial charge in [0.05, 0.1) is 11.5 Å². The molecular formula is C17H14FN3O4. The number of carbonyl (C=O) groups excluding carboxylic acids is 2. The summed E-state index contributed by atoms with van der Waals surface area (Å²) in [5, 5.41) is 13.3. The highest BCUT2D eigenvalue weighted by atomic mass is 19.1. The predicted octanol–water partition coefficient (Wildman–Crippen LogP) is 2.70. The van der Waals surface area contributed by atoms with E-state index in [2.05, 4.69) is 5.32 Å². The lowest BCUT2D eigenvalue weighted by atomic mass is 9.92. The summed E-state index contributed by atoms with van der Waals surface area (Å²) in [4.78, 5) is 36.1. The Bertz CT molecular complexity index is 868. The third-order valence-electron chi connectivity index (χ3n) is 4.22. The Morgan fingerprint density at radius 2 is 1.80 bits per heavy atom. The van der Waals surface area contributed by atoms with Crippen molar-refractivity contribution in [3.05, 3.63) is 75.6 Å². The van der Waals surface area contributed by atoms with E-state index in [4.69, 9.17) is 0 Å². The van der Waals surface area contributed by atoms with E-state index in [9.17, 15) is 24.1 Å². The molecular weight excluding hydrogens is 329 g/mol. The Hall–Kier alpha value is -3.29. The van der Waals surface area contributed by atoms with Crippen molar-refractivity contribution in [1.29, 1.82) is 0 Å². The molecule has 7 nitrogen and oxygen atoms in total. The van der Waals surface area contributed by atoms with E-state index in [1.165, 1.54) is 49.4 Å². The fourth-order valence-electron chi connectivity index (χ4n) is 2.75. The number of nitro benzene ring substituents is 1. The minimum absolute atomic E-state index is 0.118. The number of amides is 3. The summed E-state index contributed by atoms with van der Waals surface area (Å²) in [7, 11) is 0. The number of carbonyl (C=O) groups is 2. The third-order valence-corrected chi connectivity index (χ3v) is 4.22. The Kier molecular flexibility index (Phi) is 3.96. The first kappa shape index (κ1) is 16.6. The zero-order chi connectivity index (χ0) is 18.2. The molecule has 0 aliphatic carbocycles. The van der Waals surface area contributed by atoms with Gasteiger partial charge in [-0.05, 0) is 30.7 Å². The maximum atomic E-state index is 13.8. The molecule has 1 aliphatic heterocycles. The summed E-state index contributed by atoms with van der Waals surface area (Å²) < 4.78 is 13.8. The standard InChI is InChI=1S/C17H14FN3O4/c1-17(12-6-8-13(9-7-12)21(24)25)15(22)20(16(23)19-17)10-11-4-2-3-5-14(11)18/h2-9H,10H2,1H3,(H,19,23). The molecule has 0 aromatic heterocycles. The van der Waals surface area contributed by atoms with E-state index in [1.54, 1.807) is 6.07 Å². The van der Waals surface area contributed by atoms with Crippen LogP contribution in [-0.4, -0.2) is 21.8 Å². The monoisotopic (exact) mass is 343 g/mol. The molecule has 25 heavy (non-hydrogen) atoms. The molecule has 2 aromatic carbocycles. The van der Waals surface area contributed by atoms with Gasteiger partial charge in [0.25, 0.3) is 11.6 Å². The fourth-order valence-corrected chi connectivity index (χ4v) is 2.75. The van der Waals surface area contributed by atoms with Crippen LogP contribution in [0, 0.1) is 15.9 Å². The van der Waals surface area contributed by atoms with Crippen molar-refractivity contribution in [2.24, 2.45) is 0 Å². The number of hydrogen-bond acceptors (Lipinski definition) is 4. The van der Waals surface area contributed by atoms with Gasteiger partial charge in [0.15, 0.2) is 0 Å². The Morgan fingerprint density at radius 1 is 1.16 bits per heavy atom. The van der Waals surface area contributed by atoms with Gasteiger partial charge >= 0.3 is 6.03 Å². The Labute approximate surface area is 142 Å². The number of benzene rings is 2. The number of imide groups is 1. The molecule has 1 atom stereocenters. The average molecular weight is 343 g/mol. The molecule has 3 amide bonds. The number of rotatable bonds is 4. The lowest BCUT2D eigenvalue weighted by molar-refractivity contribution is -0.384. The quantitative estimate of drug-likeness (QED) is 0.525. The minimum atomic E-state index is -1.36. The number of hydrogen-bond donors (Lipinski definition) is 1. The van der Waals surface area contributed by atoms with Gasteiger partial charge in [0, 0.05) is 17.7 Å². The van der Waals surface area contributed by atoms with Gasteiger partial charge in [-0.15, -0.1) is 0 Å². The van der Waals surface area contributed by atoms with Crippen LogP contribution in [-0.2, 0) is 16.9 Å². The molecule has 128 valence electrons. The highest BCUT2D eigenvalue weighted by Gasteiger charge is 2.49. The van der Waals surface area contributed by atoms with E-state index in [-0.39, 0.29) is 17.8 Å². The molecule has 0 bridgehead atoms. The van der Waals surface area contributed by atoms with Crippen LogP contribution in [0.2, 0.25) is 0 Å². The first-order chi connectivity index (χ1) is 11.8. The Morgan fingerprint density at radius 3 is 2.40 bits per heavy atom. The molecule has 2 aromatic rings. The highest BCUT2D eigenvalue weighted by Crippen LogP contribution is 2.31. The summed E-state index contributed by atoms with van der Waals surface area (Å²) in [6.45, 7) is 1.32. The topological polar surface area (TPSA) is 92.6 Å². The molecule has 3 rings (SSSR count). The van der Waals surface area contributed by atoms with Crippen LogP contribution >= 0.6 is 0 Å². The molecule has 1 fully saturated rings. The van der Waals surface area contributed by atoms with Crippen molar-refractivity contribution in [2.75, 3.05) is 0 Å². The van der Waals surface area contributed by atoms with Crippen LogP contribution in [0.15, 0.2) is 48.5 Å². The van der Waals surface area contributed by atoms with Crippen molar-refractivity contribution in [3.8, 4) is 0 Å². The summed E-state index contributed by atoms with van der Waals surface area (Å²) in [6, 6.07) is 10.6. The lowest BCUT2D eigenvalue weighted by Crippen LogP contribution is -2.40. The van der Waals surface area contributed by atoms with E-state index in [0.717, 1.165) is 4.90 Å². The van der Waals surface area contributed by atoms with Gasteiger partial charge in [0.2, 0.25) is 0 Å². The van der Waals surface area contributed by atoms with Crippen LogP contribution in [0.4, 0.5) is 14.9 Å². The molecule has 0 spiro atoms. The van der Waals surface area contributed by atoms with Gasteiger partial charge < -0.3 is 5.32 Å². The summed E-state index contributed by atoms with van der Waals surface area (Å²) >= 11 is 0. The zero-order valence-corrected chi connectivity index (χ0v) is 13.2. The van der Waals surface area contributed by atoms with Crippen molar-refractivity contribution < 1.29 is 18.9 Å². The molecule has 0 radical (unpaired) electrons. The van der Waals surface area contributed by atoms with Gasteiger partial charge in [-0.25, -0.2) is 9.18 Å². The molecule has 8 heteroatoms. The van der Waals surface area contributed by atoms with E-state index >= 15 is 0 Å². The van der Waals surface area contributed by atoms with Crippen LogP contribution in [0.25, 0.3) is 0 Å². The molecule has 0 saturated carbocycles. The SMILES string of the molecule is CC1(c2ccc([N+](=O)[O-])cc2)NC(=O)N(Cc2ccccc2F)C1=O. The zero-order valence-electron chi connectivity index (χ0n) is 13.2. The second-order valence-corrected chi connectivity index (χ2v) is 5.84. The number of nitrogens with one attached hydrogen (secondary N) is 1. The maximum Gasteiger partial charge on any atom is 0.325 e. The minimum Gasteiger partial charge on any atom is -0.319 e. The van der Waals surface area contributed by atoms with Crippen molar-refractivity contribution >= 4 is 17.6 Å². The molecule has 1 heterocycles. The number of nitro groups is 1. The normalized spacial score (nSPS) is 19.8. The van der Waals surface area contributed by atoms with Gasteiger partial charge in [0.1, 0.15) is 11.4 Å². The number of urea groups is 1. The number of nitrogens with zero attached hydrogens (tertiary/aromatic N) is 2. The number of non-ortho nitro benzene ring substituents is 1. The first-order valence-corrected chi connectivity index (χ1v) is 7.45. The predicted molar refractivity (Wildman–Crippen MR) is 85.9 cm³/mol. The van der Waals surface area contributed by atoms with Crippen molar-refractivity contribution in [3.63, 3.8) is 0 Å². The molecule has 1 unspecified atom stereocenters. The lowest BCUT2D eigenvalue weighted by Gasteiger charge is -2.22. The fraction of sp³-hybridized carbons (Fsp3) is 0.176. The maximum absolute atomic E-state index is 13.8. The summed E-state index contributed by atoms with van der Waals surface area (Å²) in [6.07, 6.45) is 0. The van der Waals surface area contributed by atoms with Crippen LogP contribution < -0.4 is 5.32 Å². The molecule has 1 N–H and O–H groups in total. The highest BCUT2D eigenvalue weighted by molar-refractivity contribution is 6.07. The van der Waals surface area contributed by atoms with Crippen molar-refractivity contribution in [1.82, 2.24) is 10.2 Å². The second kappa shape index (κ2) is 5.97. The van der Waals surface area contributed by atoms with Gasteiger partial charge in [-0.3, -0.25) is 19.8 Å². The molecule has 1 saturated heterocycles. The van der Waals surface area contributed by atoms with Gasteiger partial charge in [-0.2, -0.15) is 0 Å². The second-order valence-electron chi connectivity index (χ2n) is 5.84.